The van der Waals surface area contributed by atoms with E-state index in [1.807, 2.05) is 35.0 Å². The zero-order chi connectivity index (χ0) is 19.6. The number of aromatic nitrogens is 3. The number of rotatable bonds is 7. The number of nitrogens with zero attached hydrogens (tertiary/aromatic N) is 3. The van der Waals surface area contributed by atoms with Crippen molar-refractivity contribution >= 4 is 0 Å². The minimum Gasteiger partial charge on any atom is -0.464 e. The lowest BCUT2D eigenvalue weighted by molar-refractivity contribution is 0.444. The van der Waals surface area contributed by atoms with Gasteiger partial charge in [-0.1, -0.05) is 25.1 Å². The van der Waals surface area contributed by atoms with Gasteiger partial charge in [0.1, 0.15) is 11.5 Å². The topological polar surface area (TPSA) is 55.9 Å². The molecule has 4 aromatic rings. The fraction of sp³-hybridized carbons (Fsp3) is 0.250. The van der Waals surface area contributed by atoms with Crippen molar-refractivity contribution in [1.29, 1.82) is 0 Å². The highest BCUT2D eigenvalue weighted by atomic mass is 16.3. The second-order valence-electron chi connectivity index (χ2n) is 7.75. The standard InChI is InChI=1S/C24H24N4O/c1-17-13-22(17)23-8-7-21(29-23)15-26-14-19-16-28(20-5-3-2-4-6-20)27-24(19)18-9-11-25-12-10-18/h2-12,16-17,22,26H,13-15H2,1H3. The number of hydrogen-bond acceptors (Lipinski definition) is 4. The number of hydrogen-bond donors (Lipinski definition) is 1. The van der Waals surface area contributed by atoms with Gasteiger partial charge in [0.05, 0.1) is 17.9 Å². The highest BCUT2D eigenvalue weighted by Gasteiger charge is 2.36. The predicted octanol–water partition coefficient (Wildman–Crippen LogP) is 4.94. The molecule has 0 spiro atoms. The Bertz CT molecular complexity index is 1080. The van der Waals surface area contributed by atoms with E-state index in [-0.39, 0.29) is 0 Å². The van der Waals surface area contributed by atoms with Crippen LogP contribution in [-0.2, 0) is 13.1 Å². The van der Waals surface area contributed by atoms with E-state index in [4.69, 9.17) is 9.52 Å². The zero-order valence-electron chi connectivity index (χ0n) is 16.5. The maximum absolute atomic E-state index is 6.01. The first-order valence-corrected chi connectivity index (χ1v) is 10.1. The first kappa shape index (κ1) is 17.9. The van der Waals surface area contributed by atoms with Crippen LogP contribution in [0.3, 0.4) is 0 Å². The first-order chi connectivity index (χ1) is 14.3. The number of para-hydroxylation sites is 1. The van der Waals surface area contributed by atoms with Crippen molar-refractivity contribution in [2.24, 2.45) is 5.92 Å². The quantitative estimate of drug-likeness (QED) is 0.490. The maximum Gasteiger partial charge on any atom is 0.117 e. The van der Waals surface area contributed by atoms with E-state index in [9.17, 15) is 0 Å². The Labute approximate surface area is 170 Å². The summed E-state index contributed by atoms with van der Waals surface area (Å²) in [6, 6.07) is 18.4. The molecule has 2 atom stereocenters. The fourth-order valence-corrected chi connectivity index (χ4v) is 3.73. The Morgan fingerprint density at radius 2 is 1.83 bits per heavy atom. The smallest absolute Gasteiger partial charge is 0.117 e. The van der Waals surface area contributed by atoms with Crippen molar-refractivity contribution in [2.75, 3.05) is 0 Å². The van der Waals surface area contributed by atoms with Crippen LogP contribution in [-0.4, -0.2) is 14.8 Å². The summed E-state index contributed by atoms with van der Waals surface area (Å²) in [7, 11) is 0. The van der Waals surface area contributed by atoms with Crippen LogP contribution in [0.2, 0.25) is 0 Å². The number of benzene rings is 1. The molecule has 1 fully saturated rings. The third kappa shape index (κ3) is 3.87. The summed E-state index contributed by atoms with van der Waals surface area (Å²) in [5.74, 6) is 3.49. The largest absolute Gasteiger partial charge is 0.464 e. The van der Waals surface area contributed by atoms with Gasteiger partial charge in [-0.25, -0.2) is 4.68 Å². The van der Waals surface area contributed by atoms with Gasteiger partial charge in [0, 0.05) is 42.2 Å². The molecule has 1 N–H and O–H groups in total. The fourth-order valence-electron chi connectivity index (χ4n) is 3.73. The molecule has 1 aliphatic carbocycles. The minimum atomic E-state index is 0.617. The molecule has 0 radical (unpaired) electrons. The summed E-state index contributed by atoms with van der Waals surface area (Å²) in [4.78, 5) is 4.13. The van der Waals surface area contributed by atoms with Crippen molar-refractivity contribution in [3.63, 3.8) is 0 Å². The SMILES string of the molecule is CC1CC1c1ccc(CNCc2cn(-c3ccccc3)nc2-c2ccncc2)o1. The van der Waals surface area contributed by atoms with E-state index >= 15 is 0 Å². The molecule has 2 unspecified atom stereocenters. The van der Waals surface area contributed by atoms with Crippen molar-refractivity contribution in [1.82, 2.24) is 20.1 Å². The number of nitrogens with one attached hydrogen (secondary N) is 1. The Morgan fingerprint density at radius 1 is 1.03 bits per heavy atom. The van der Waals surface area contributed by atoms with E-state index in [2.05, 4.69) is 47.7 Å². The minimum absolute atomic E-state index is 0.617. The van der Waals surface area contributed by atoms with Crippen molar-refractivity contribution < 1.29 is 4.42 Å². The Morgan fingerprint density at radius 3 is 2.59 bits per heavy atom. The van der Waals surface area contributed by atoms with Crippen molar-refractivity contribution in [3.05, 3.63) is 90.3 Å². The molecule has 29 heavy (non-hydrogen) atoms. The van der Waals surface area contributed by atoms with Gasteiger partial charge < -0.3 is 9.73 Å². The molecule has 3 heterocycles. The highest BCUT2D eigenvalue weighted by Crippen LogP contribution is 2.47. The highest BCUT2D eigenvalue weighted by molar-refractivity contribution is 5.62. The molecule has 146 valence electrons. The Kier molecular flexibility index (Phi) is 4.74. The second-order valence-corrected chi connectivity index (χ2v) is 7.75. The number of furan rings is 1. The van der Waals surface area contributed by atoms with E-state index in [0.717, 1.165) is 39.9 Å². The van der Waals surface area contributed by atoms with E-state index < -0.39 is 0 Å². The van der Waals surface area contributed by atoms with E-state index in [1.54, 1.807) is 12.4 Å². The van der Waals surface area contributed by atoms with Crippen LogP contribution in [0.25, 0.3) is 16.9 Å². The van der Waals surface area contributed by atoms with Gasteiger partial charge in [0.15, 0.2) is 0 Å². The summed E-state index contributed by atoms with van der Waals surface area (Å²) in [5.41, 5.74) is 4.22. The lowest BCUT2D eigenvalue weighted by atomic mass is 10.1. The van der Waals surface area contributed by atoms with Crippen LogP contribution in [0.1, 0.15) is 36.3 Å². The predicted molar refractivity (Wildman–Crippen MR) is 113 cm³/mol. The third-order valence-corrected chi connectivity index (χ3v) is 5.54. The van der Waals surface area contributed by atoms with Crippen LogP contribution in [0, 0.1) is 5.92 Å². The van der Waals surface area contributed by atoms with Gasteiger partial charge in [0.25, 0.3) is 0 Å². The van der Waals surface area contributed by atoms with Gasteiger partial charge in [-0.15, -0.1) is 0 Å². The van der Waals surface area contributed by atoms with E-state index in [0.29, 0.717) is 19.0 Å². The molecular formula is C24H24N4O. The van der Waals surface area contributed by atoms with Crippen LogP contribution in [0.5, 0.6) is 0 Å². The summed E-state index contributed by atoms with van der Waals surface area (Å²) in [6.45, 7) is 3.68. The molecule has 1 aliphatic rings. The van der Waals surface area contributed by atoms with Crippen LogP contribution < -0.4 is 5.32 Å². The molecule has 5 nitrogen and oxygen atoms in total. The van der Waals surface area contributed by atoms with Crippen LogP contribution >= 0.6 is 0 Å². The molecule has 1 aromatic carbocycles. The monoisotopic (exact) mass is 384 g/mol. The molecule has 1 saturated carbocycles. The molecule has 3 aromatic heterocycles. The average molecular weight is 384 g/mol. The first-order valence-electron chi connectivity index (χ1n) is 10.1. The number of pyridine rings is 1. The molecule has 5 rings (SSSR count). The van der Waals surface area contributed by atoms with Crippen LogP contribution in [0.4, 0.5) is 0 Å². The molecule has 0 bridgehead atoms. The van der Waals surface area contributed by atoms with E-state index in [1.165, 1.54) is 6.42 Å². The average Bonchev–Trinajstić information content (AvgIpc) is 3.16. The Hall–Kier alpha value is -3.18. The molecule has 0 amide bonds. The zero-order valence-corrected chi connectivity index (χ0v) is 16.5. The van der Waals surface area contributed by atoms with Gasteiger partial charge in [-0.2, -0.15) is 5.10 Å². The normalized spacial score (nSPS) is 18.1. The summed E-state index contributed by atoms with van der Waals surface area (Å²) in [6.07, 6.45) is 6.94. The summed E-state index contributed by atoms with van der Waals surface area (Å²) in [5, 5.41) is 8.36. The lowest BCUT2D eigenvalue weighted by Crippen LogP contribution is -2.12. The molecule has 0 saturated heterocycles. The van der Waals surface area contributed by atoms with Gasteiger partial charge in [0.2, 0.25) is 0 Å². The molecule has 0 aliphatic heterocycles. The Balaban J connectivity index is 1.34. The summed E-state index contributed by atoms with van der Waals surface area (Å²) < 4.78 is 7.95. The third-order valence-electron chi connectivity index (χ3n) is 5.54. The van der Waals surface area contributed by atoms with Gasteiger partial charge >= 0.3 is 0 Å². The lowest BCUT2D eigenvalue weighted by Gasteiger charge is -2.04. The van der Waals surface area contributed by atoms with Crippen molar-refractivity contribution in [3.8, 4) is 16.9 Å². The summed E-state index contributed by atoms with van der Waals surface area (Å²) >= 11 is 0. The van der Waals surface area contributed by atoms with Gasteiger partial charge in [-0.05, 0) is 48.7 Å². The van der Waals surface area contributed by atoms with Gasteiger partial charge in [-0.3, -0.25) is 4.98 Å². The maximum atomic E-state index is 6.01. The van der Waals surface area contributed by atoms with Crippen molar-refractivity contribution in [2.45, 2.75) is 32.4 Å². The molecular weight excluding hydrogens is 360 g/mol. The second kappa shape index (κ2) is 7.68. The van der Waals surface area contributed by atoms with Crippen LogP contribution in [0.15, 0.2) is 77.6 Å². The molecule has 5 heteroatoms.